The van der Waals surface area contributed by atoms with E-state index < -0.39 is 0 Å². The summed E-state index contributed by atoms with van der Waals surface area (Å²) in [4.78, 5) is 0. The Balaban J connectivity index is 1.91. The molecule has 2 aromatic rings. The number of hydrogen-bond donors (Lipinski definition) is 1. The molecule has 0 radical (unpaired) electrons. The highest BCUT2D eigenvalue weighted by atomic mass is 35.5. The van der Waals surface area contributed by atoms with Crippen LogP contribution in [0.2, 0.25) is 5.02 Å². The van der Waals surface area contributed by atoms with E-state index in [1.165, 1.54) is 48.8 Å². The predicted molar refractivity (Wildman–Crippen MR) is 77.2 cm³/mol. The molecule has 0 bridgehead atoms. The molecule has 0 aliphatic carbocycles. The highest BCUT2D eigenvalue weighted by Gasteiger charge is 2.16. The highest BCUT2D eigenvalue weighted by molar-refractivity contribution is 6.31. The first kappa shape index (κ1) is 12.1. The van der Waals surface area contributed by atoms with Crippen molar-refractivity contribution in [2.24, 2.45) is 13.0 Å². The molecule has 1 aromatic carbocycles. The first-order valence-electron chi connectivity index (χ1n) is 6.68. The normalized spacial score (nSPS) is 17.4. The molecule has 3 rings (SSSR count). The average Bonchev–Trinajstić information content (AvgIpc) is 2.67. The fourth-order valence-corrected chi connectivity index (χ4v) is 3.17. The van der Waals surface area contributed by atoms with Gasteiger partial charge in [0.2, 0.25) is 0 Å². The standard InChI is InChI=1S/C15H19ClN2/c1-18-10-12(8-11-4-6-17-7-5-11)14-3-2-13(16)9-15(14)18/h2-3,9-11,17H,4-8H2,1H3. The molecule has 0 unspecified atom stereocenters. The molecule has 1 aliphatic heterocycles. The lowest BCUT2D eigenvalue weighted by molar-refractivity contribution is 0.373. The van der Waals surface area contributed by atoms with Crippen molar-refractivity contribution in [2.45, 2.75) is 19.3 Å². The summed E-state index contributed by atoms with van der Waals surface area (Å²) in [5.74, 6) is 0.826. The number of aromatic nitrogens is 1. The number of halogens is 1. The van der Waals surface area contributed by atoms with E-state index in [0.29, 0.717) is 0 Å². The molecule has 3 heteroatoms. The van der Waals surface area contributed by atoms with E-state index in [1.54, 1.807) is 0 Å². The summed E-state index contributed by atoms with van der Waals surface area (Å²) in [7, 11) is 2.10. The van der Waals surface area contributed by atoms with Gasteiger partial charge in [-0.05, 0) is 56.0 Å². The molecule has 1 N–H and O–H groups in total. The van der Waals surface area contributed by atoms with Crippen LogP contribution in [0.5, 0.6) is 0 Å². The molecule has 1 saturated heterocycles. The number of fused-ring (bicyclic) bond motifs is 1. The highest BCUT2D eigenvalue weighted by Crippen LogP contribution is 2.27. The Morgan fingerprint density at radius 3 is 2.89 bits per heavy atom. The lowest BCUT2D eigenvalue weighted by Crippen LogP contribution is -2.28. The Morgan fingerprint density at radius 2 is 2.11 bits per heavy atom. The monoisotopic (exact) mass is 262 g/mol. The van der Waals surface area contributed by atoms with Crippen LogP contribution in [0.3, 0.4) is 0 Å². The molecule has 18 heavy (non-hydrogen) atoms. The van der Waals surface area contributed by atoms with Crippen LogP contribution in [0, 0.1) is 5.92 Å². The molecule has 0 spiro atoms. The van der Waals surface area contributed by atoms with Crippen molar-refractivity contribution in [1.29, 1.82) is 0 Å². The van der Waals surface area contributed by atoms with Crippen molar-refractivity contribution in [2.75, 3.05) is 13.1 Å². The number of hydrogen-bond acceptors (Lipinski definition) is 1. The Bertz CT molecular complexity index is 553. The molecule has 0 atom stereocenters. The van der Waals surface area contributed by atoms with Crippen molar-refractivity contribution in [1.82, 2.24) is 9.88 Å². The van der Waals surface area contributed by atoms with Gasteiger partial charge in [-0.1, -0.05) is 17.7 Å². The predicted octanol–water partition coefficient (Wildman–Crippen LogP) is 3.37. The molecule has 96 valence electrons. The van der Waals surface area contributed by atoms with Gasteiger partial charge in [0.1, 0.15) is 0 Å². The second kappa shape index (κ2) is 4.94. The Morgan fingerprint density at radius 1 is 1.33 bits per heavy atom. The largest absolute Gasteiger partial charge is 0.350 e. The first-order valence-corrected chi connectivity index (χ1v) is 7.06. The second-order valence-corrected chi connectivity index (χ2v) is 5.76. The summed E-state index contributed by atoms with van der Waals surface area (Å²) in [6.07, 6.45) is 6.05. The summed E-state index contributed by atoms with van der Waals surface area (Å²) in [6.45, 7) is 2.34. The fourth-order valence-electron chi connectivity index (χ4n) is 3.00. The lowest BCUT2D eigenvalue weighted by atomic mass is 9.91. The van der Waals surface area contributed by atoms with Gasteiger partial charge in [-0.2, -0.15) is 0 Å². The van der Waals surface area contributed by atoms with E-state index in [0.717, 1.165) is 10.9 Å². The van der Waals surface area contributed by atoms with Crippen LogP contribution < -0.4 is 5.32 Å². The first-order chi connectivity index (χ1) is 8.74. The minimum Gasteiger partial charge on any atom is -0.350 e. The molecular weight excluding hydrogens is 244 g/mol. The smallest absolute Gasteiger partial charge is 0.0495 e. The topological polar surface area (TPSA) is 17.0 Å². The minimum atomic E-state index is 0.817. The van der Waals surface area contributed by atoms with Crippen LogP contribution in [-0.4, -0.2) is 17.7 Å². The number of rotatable bonds is 2. The molecular formula is C15H19ClN2. The van der Waals surface area contributed by atoms with Gasteiger partial charge >= 0.3 is 0 Å². The quantitative estimate of drug-likeness (QED) is 0.878. The van der Waals surface area contributed by atoms with Crippen molar-refractivity contribution in [3.8, 4) is 0 Å². The molecule has 1 fully saturated rings. The number of piperidine rings is 1. The van der Waals surface area contributed by atoms with Gasteiger partial charge in [-0.25, -0.2) is 0 Å². The maximum Gasteiger partial charge on any atom is 0.0495 e. The van der Waals surface area contributed by atoms with Crippen molar-refractivity contribution >= 4 is 22.5 Å². The van der Waals surface area contributed by atoms with Crippen LogP contribution in [0.25, 0.3) is 10.9 Å². The number of nitrogens with zero attached hydrogens (tertiary/aromatic N) is 1. The third-order valence-electron chi connectivity index (χ3n) is 4.00. The second-order valence-electron chi connectivity index (χ2n) is 5.32. The summed E-state index contributed by atoms with van der Waals surface area (Å²) in [5, 5.41) is 5.61. The van der Waals surface area contributed by atoms with Gasteiger partial charge in [0.25, 0.3) is 0 Å². The molecule has 2 nitrogen and oxygen atoms in total. The average molecular weight is 263 g/mol. The van der Waals surface area contributed by atoms with Crippen molar-refractivity contribution in [3.05, 3.63) is 35.0 Å². The van der Waals surface area contributed by atoms with Crippen LogP contribution in [-0.2, 0) is 13.5 Å². The third kappa shape index (κ3) is 2.27. The molecule has 1 aromatic heterocycles. The molecule has 2 heterocycles. The number of benzene rings is 1. The van der Waals surface area contributed by atoms with Gasteiger partial charge in [0, 0.05) is 29.2 Å². The maximum atomic E-state index is 6.07. The van der Waals surface area contributed by atoms with Gasteiger partial charge in [-0.15, -0.1) is 0 Å². The fraction of sp³-hybridized carbons (Fsp3) is 0.467. The van der Waals surface area contributed by atoms with E-state index in [-0.39, 0.29) is 0 Å². The summed E-state index contributed by atoms with van der Waals surface area (Å²) < 4.78 is 2.19. The number of nitrogens with one attached hydrogen (secondary N) is 1. The van der Waals surface area contributed by atoms with Gasteiger partial charge in [-0.3, -0.25) is 0 Å². The Labute approximate surface area is 113 Å². The SMILES string of the molecule is Cn1cc(CC2CCNCC2)c2ccc(Cl)cc21. The van der Waals surface area contributed by atoms with Crippen molar-refractivity contribution < 1.29 is 0 Å². The zero-order valence-electron chi connectivity index (χ0n) is 10.7. The maximum absolute atomic E-state index is 6.07. The van der Waals surface area contributed by atoms with Gasteiger partial charge in [0.15, 0.2) is 0 Å². The van der Waals surface area contributed by atoms with Gasteiger partial charge < -0.3 is 9.88 Å². The van der Waals surface area contributed by atoms with Crippen LogP contribution >= 0.6 is 11.6 Å². The van der Waals surface area contributed by atoms with Crippen LogP contribution in [0.1, 0.15) is 18.4 Å². The number of aryl methyl sites for hydroxylation is 1. The van der Waals surface area contributed by atoms with E-state index >= 15 is 0 Å². The minimum absolute atomic E-state index is 0.817. The van der Waals surface area contributed by atoms with Crippen LogP contribution in [0.15, 0.2) is 24.4 Å². The van der Waals surface area contributed by atoms with Crippen molar-refractivity contribution in [3.63, 3.8) is 0 Å². The van der Waals surface area contributed by atoms with E-state index in [1.807, 2.05) is 6.07 Å². The lowest BCUT2D eigenvalue weighted by Gasteiger charge is -2.22. The van der Waals surface area contributed by atoms with Crippen LogP contribution in [0.4, 0.5) is 0 Å². The molecule has 0 amide bonds. The van der Waals surface area contributed by atoms with E-state index in [9.17, 15) is 0 Å². The summed E-state index contributed by atoms with van der Waals surface area (Å²) in [6, 6.07) is 6.21. The summed E-state index contributed by atoms with van der Waals surface area (Å²) in [5.41, 5.74) is 2.71. The van der Waals surface area contributed by atoms with Gasteiger partial charge in [0.05, 0.1) is 0 Å². The Hall–Kier alpha value is -0.990. The molecule has 1 aliphatic rings. The zero-order chi connectivity index (χ0) is 12.5. The molecule has 0 saturated carbocycles. The summed E-state index contributed by atoms with van der Waals surface area (Å²) >= 11 is 6.07. The zero-order valence-corrected chi connectivity index (χ0v) is 11.5. The van der Waals surface area contributed by atoms with E-state index in [4.69, 9.17) is 11.6 Å². The Kier molecular flexibility index (Phi) is 3.31. The third-order valence-corrected chi connectivity index (χ3v) is 4.24. The van der Waals surface area contributed by atoms with E-state index in [2.05, 4.69) is 35.3 Å².